The number of hydrogen-bond donors (Lipinski definition) is 1. The van der Waals surface area contributed by atoms with Gasteiger partial charge in [0.05, 0.1) is 6.61 Å². The minimum absolute atomic E-state index is 0.0356. The van der Waals surface area contributed by atoms with Crippen LogP contribution in [0.1, 0.15) is 44.2 Å². The second-order valence-corrected chi connectivity index (χ2v) is 5.31. The molecule has 1 aliphatic rings. The molecule has 3 heteroatoms. The standard InChI is InChI=1S/C14H20ClNO/c1-10(16)13-6-5-12(9-14(13)15)17-8-7-11-3-2-4-11/h5-6,9-11H,2-4,7-8,16H2,1H3. The molecule has 0 saturated heterocycles. The zero-order chi connectivity index (χ0) is 12.3. The fourth-order valence-corrected chi connectivity index (χ4v) is 2.43. The number of nitrogens with two attached hydrogens (primary N) is 1. The third-order valence-electron chi connectivity index (χ3n) is 3.48. The van der Waals surface area contributed by atoms with Crippen LogP contribution in [0.4, 0.5) is 0 Å². The Bertz CT molecular complexity index is 374. The number of ether oxygens (including phenoxy) is 1. The van der Waals surface area contributed by atoms with Crippen molar-refractivity contribution in [2.75, 3.05) is 6.61 Å². The molecule has 94 valence electrons. The zero-order valence-electron chi connectivity index (χ0n) is 10.3. The molecular formula is C14H20ClNO. The van der Waals surface area contributed by atoms with Crippen molar-refractivity contribution >= 4 is 11.6 Å². The summed E-state index contributed by atoms with van der Waals surface area (Å²) in [5.74, 6) is 1.73. The summed E-state index contributed by atoms with van der Waals surface area (Å²) in [6.45, 7) is 2.72. The van der Waals surface area contributed by atoms with Crippen LogP contribution in [0.5, 0.6) is 5.75 Å². The number of benzene rings is 1. The maximum atomic E-state index is 6.14. The molecule has 2 rings (SSSR count). The van der Waals surface area contributed by atoms with E-state index in [1.54, 1.807) is 0 Å². The molecule has 2 N–H and O–H groups in total. The van der Waals surface area contributed by atoms with Crippen molar-refractivity contribution in [1.82, 2.24) is 0 Å². The van der Waals surface area contributed by atoms with Gasteiger partial charge in [-0.1, -0.05) is 36.9 Å². The first-order valence-corrected chi connectivity index (χ1v) is 6.72. The van der Waals surface area contributed by atoms with Gasteiger partial charge in [0, 0.05) is 11.1 Å². The van der Waals surface area contributed by atoms with Gasteiger partial charge in [0.2, 0.25) is 0 Å². The Kier molecular flexibility index (Phi) is 4.30. The predicted molar refractivity (Wildman–Crippen MR) is 71.5 cm³/mol. The maximum Gasteiger partial charge on any atom is 0.120 e. The number of hydrogen-bond acceptors (Lipinski definition) is 2. The lowest BCUT2D eigenvalue weighted by Crippen LogP contribution is -2.14. The fraction of sp³-hybridized carbons (Fsp3) is 0.571. The van der Waals surface area contributed by atoms with Gasteiger partial charge in [-0.15, -0.1) is 0 Å². The molecule has 0 aromatic heterocycles. The second-order valence-electron chi connectivity index (χ2n) is 4.91. The van der Waals surface area contributed by atoms with E-state index in [0.29, 0.717) is 5.02 Å². The highest BCUT2D eigenvalue weighted by molar-refractivity contribution is 6.31. The molecule has 1 atom stereocenters. The molecule has 0 bridgehead atoms. The Hall–Kier alpha value is -0.730. The molecule has 1 saturated carbocycles. The normalized spacial score (nSPS) is 17.6. The smallest absolute Gasteiger partial charge is 0.120 e. The zero-order valence-corrected chi connectivity index (χ0v) is 11.0. The maximum absolute atomic E-state index is 6.14. The van der Waals surface area contributed by atoms with E-state index in [4.69, 9.17) is 22.1 Å². The molecule has 0 aliphatic heterocycles. The van der Waals surface area contributed by atoms with Gasteiger partial charge in [-0.2, -0.15) is 0 Å². The number of rotatable bonds is 5. The Balaban J connectivity index is 1.85. The average molecular weight is 254 g/mol. The lowest BCUT2D eigenvalue weighted by atomic mass is 9.83. The van der Waals surface area contributed by atoms with Crippen LogP contribution in [0, 0.1) is 5.92 Å². The van der Waals surface area contributed by atoms with Crippen molar-refractivity contribution in [3.8, 4) is 5.75 Å². The topological polar surface area (TPSA) is 35.2 Å². The van der Waals surface area contributed by atoms with Crippen molar-refractivity contribution in [3.05, 3.63) is 28.8 Å². The Morgan fingerprint density at radius 2 is 2.24 bits per heavy atom. The van der Waals surface area contributed by atoms with E-state index in [0.717, 1.165) is 30.3 Å². The molecule has 1 aromatic carbocycles. The molecule has 0 heterocycles. The first-order chi connectivity index (χ1) is 8.16. The summed E-state index contributed by atoms with van der Waals surface area (Å²) in [4.78, 5) is 0. The third-order valence-corrected chi connectivity index (χ3v) is 3.81. The lowest BCUT2D eigenvalue weighted by Gasteiger charge is -2.25. The van der Waals surface area contributed by atoms with Crippen molar-refractivity contribution in [2.45, 2.75) is 38.6 Å². The van der Waals surface area contributed by atoms with E-state index < -0.39 is 0 Å². The van der Waals surface area contributed by atoms with Crippen LogP contribution in [0.2, 0.25) is 5.02 Å². The van der Waals surface area contributed by atoms with E-state index in [1.165, 1.54) is 19.3 Å². The van der Waals surface area contributed by atoms with Gasteiger partial charge < -0.3 is 10.5 Å². The van der Waals surface area contributed by atoms with Crippen LogP contribution < -0.4 is 10.5 Å². The van der Waals surface area contributed by atoms with E-state index in [9.17, 15) is 0 Å². The SMILES string of the molecule is CC(N)c1ccc(OCCC2CCC2)cc1Cl. The molecule has 17 heavy (non-hydrogen) atoms. The van der Waals surface area contributed by atoms with Crippen LogP contribution in [0.15, 0.2) is 18.2 Å². The minimum atomic E-state index is -0.0356. The van der Waals surface area contributed by atoms with E-state index >= 15 is 0 Å². The van der Waals surface area contributed by atoms with Gasteiger partial charge >= 0.3 is 0 Å². The van der Waals surface area contributed by atoms with Crippen molar-refractivity contribution in [3.63, 3.8) is 0 Å². The van der Waals surface area contributed by atoms with E-state index in [1.807, 2.05) is 25.1 Å². The number of halogens is 1. The van der Waals surface area contributed by atoms with E-state index in [2.05, 4.69) is 0 Å². The molecule has 1 aliphatic carbocycles. The van der Waals surface area contributed by atoms with Crippen LogP contribution in [-0.2, 0) is 0 Å². The van der Waals surface area contributed by atoms with Crippen molar-refractivity contribution < 1.29 is 4.74 Å². The van der Waals surface area contributed by atoms with Crippen LogP contribution in [0.25, 0.3) is 0 Å². The van der Waals surface area contributed by atoms with Gasteiger partial charge in [-0.05, 0) is 37.0 Å². The summed E-state index contributed by atoms with van der Waals surface area (Å²) in [7, 11) is 0. The molecule has 0 amide bonds. The summed E-state index contributed by atoms with van der Waals surface area (Å²) in [5.41, 5.74) is 6.78. The van der Waals surface area contributed by atoms with Gasteiger partial charge in [0.25, 0.3) is 0 Å². The van der Waals surface area contributed by atoms with Gasteiger partial charge in [-0.3, -0.25) is 0 Å². The minimum Gasteiger partial charge on any atom is -0.494 e. The van der Waals surface area contributed by atoms with Crippen LogP contribution >= 0.6 is 11.6 Å². The summed E-state index contributed by atoms with van der Waals surface area (Å²) >= 11 is 6.14. The monoisotopic (exact) mass is 253 g/mol. The van der Waals surface area contributed by atoms with Crippen LogP contribution in [-0.4, -0.2) is 6.61 Å². The molecule has 0 radical (unpaired) electrons. The summed E-state index contributed by atoms with van der Waals surface area (Å²) < 4.78 is 5.70. The first kappa shape index (κ1) is 12.7. The summed E-state index contributed by atoms with van der Waals surface area (Å²) in [5, 5.41) is 0.696. The molecule has 2 nitrogen and oxygen atoms in total. The van der Waals surface area contributed by atoms with Gasteiger partial charge in [0.15, 0.2) is 0 Å². The van der Waals surface area contributed by atoms with Crippen LogP contribution in [0.3, 0.4) is 0 Å². The Labute approximate surface area is 108 Å². The first-order valence-electron chi connectivity index (χ1n) is 6.34. The molecule has 1 aromatic rings. The highest BCUT2D eigenvalue weighted by Gasteiger charge is 2.16. The Morgan fingerprint density at radius 3 is 2.76 bits per heavy atom. The Morgan fingerprint density at radius 1 is 1.47 bits per heavy atom. The lowest BCUT2D eigenvalue weighted by molar-refractivity contribution is 0.222. The van der Waals surface area contributed by atoms with Crippen molar-refractivity contribution in [2.24, 2.45) is 11.7 Å². The quantitative estimate of drug-likeness (QED) is 0.863. The average Bonchev–Trinajstić information content (AvgIpc) is 2.21. The third kappa shape index (κ3) is 3.36. The highest BCUT2D eigenvalue weighted by Crippen LogP contribution is 2.30. The fourth-order valence-electron chi connectivity index (χ4n) is 2.09. The van der Waals surface area contributed by atoms with Gasteiger partial charge in [-0.25, -0.2) is 0 Å². The molecule has 1 fully saturated rings. The largest absolute Gasteiger partial charge is 0.494 e. The molecule has 1 unspecified atom stereocenters. The second kappa shape index (κ2) is 5.74. The van der Waals surface area contributed by atoms with Crippen molar-refractivity contribution in [1.29, 1.82) is 0 Å². The van der Waals surface area contributed by atoms with Gasteiger partial charge in [0.1, 0.15) is 5.75 Å². The van der Waals surface area contributed by atoms with E-state index in [-0.39, 0.29) is 6.04 Å². The molecular weight excluding hydrogens is 234 g/mol. The highest BCUT2D eigenvalue weighted by atomic mass is 35.5. The molecule has 0 spiro atoms. The predicted octanol–water partition coefficient (Wildman–Crippen LogP) is 3.93. The summed E-state index contributed by atoms with van der Waals surface area (Å²) in [6.07, 6.45) is 5.29. The summed E-state index contributed by atoms with van der Waals surface area (Å²) in [6, 6.07) is 5.73.